The summed E-state index contributed by atoms with van der Waals surface area (Å²) in [7, 11) is 1.65. The second-order valence-electron chi connectivity index (χ2n) is 3.86. The fourth-order valence-electron chi connectivity index (χ4n) is 1.33. The lowest BCUT2D eigenvalue weighted by molar-refractivity contribution is 0.0930. The molecule has 1 aromatic rings. The lowest BCUT2D eigenvalue weighted by Crippen LogP contribution is -2.33. The Balaban J connectivity index is 2.53. The highest BCUT2D eigenvalue weighted by atomic mass is 32.1. The van der Waals surface area contributed by atoms with Crippen molar-refractivity contribution in [2.24, 2.45) is 5.73 Å². The van der Waals surface area contributed by atoms with Gasteiger partial charge in [0.15, 0.2) is 0 Å². The number of carbonyl (C=O) groups excluding carboxylic acids is 1. The first kappa shape index (κ1) is 14.7. The first-order valence-electron chi connectivity index (χ1n) is 5.74. The van der Waals surface area contributed by atoms with Gasteiger partial charge in [0.1, 0.15) is 0 Å². The van der Waals surface area contributed by atoms with Crippen LogP contribution in [-0.4, -0.2) is 32.2 Å². The fourth-order valence-corrected chi connectivity index (χ4v) is 2.09. The van der Waals surface area contributed by atoms with E-state index in [1.54, 1.807) is 18.6 Å². The molecular formula is C13H18N2O2S. The van der Waals surface area contributed by atoms with Crippen molar-refractivity contribution in [1.29, 1.82) is 0 Å². The molecule has 0 radical (unpaired) electrons. The maximum Gasteiger partial charge on any atom is 0.252 e. The normalized spacial score (nSPS) is 11.5. The molecule has 4 nitrogen and oxygen atoms in total. The molecule has 5 heteroatoms. The lowest BCUT2D eigenvalue weighted by Gasteiger charge is -2.12. The third kappa shape index (κ3) is 4.88. The van der Waals surface area contributed by atoms with Crippen LogP contribution in [0, 0.1) is 11.8 Å². The molecule has 0 aliphatic heterocycles. The predicted octanol–water partition coefficient (Wildman–Crippen LogP) is 1.21. The van der Waals surface area contributed by atoms with Gasteiger partial charge in [-0.15, -0.1) is 11.3 Å². The van der Waals surface area contributed by atoms with E-state index >= 15 is 0 Å². The predicted molar refractivity (Wildman–Crippen MR) is 73.7 cm³/mol. The summed E-state index contributed by atoms with van der Waals surface area (Å²) in [4.78, 5) is 12.7. The average molecular weight is 266 g/mol. The molecule has 1 amide bonds. The van der Waals surface area contributed by atoms with Crippen LogP contribution in [0.3, 0.4) is 0 Å². The van der Waals surface area contributed by atoms with Gasteiger partial charge in [0.2, 0.25) is 0 Å². The molecule has 3 N–H and O–H groups in total. The van der Waals surface area contributed by atoms with Gasteiger partial charge in [-0.25, -0.2) is 0 Å². The molecule has 98 valence electrons. The Morgan fingerprint density at radius 1 is 1.67 bits per heavy atom. The van der Waals surface area contributed by atoms with Crippen molar-refractivity contribution in [2.75, 3.05) is 20.3 Å². The van der Waals surface area contributed by atoms with Gasteiger partial charge in [-0.2, -0.15) is 0 Å². The molecule has 0 spiro atoms. The van der Waals surface area contributed by atoms with Crippen molar-refractivity contribution in [2.45, 2.75) is 19.4 Å². The van der Waals surface area contributed by atoms with Crippen LogP contribution in [0.25, 0.3) is 0 Å². The van der Waals surface area contributed by atoms with Crippen LogP contribution in [-0.2, 0) is 4.74 Å². The van der Waals surface area contributed by atoms with Gasteiger partial charge in [0.05, 0.1) is 17.0 Å². The zero-order valence-electron chi connectivity index (χ0n) is 10.7. The van der Waals surface area contributed by atoms with Crippen LogP contribution in [0.2, 0.25) is 0 Å². The number of hydrogen-bond donors (Lipinski definition) is 2. The van der Waals surface area contributed by atoms with E-state index in [0.29, 0.717) is 18.7 Å². The number of methoxy groups -OCH3 is 1. The minimum atomic E-state index is -0.0735. The van der Waals surface area contributed by atoms with E-state index < -0.39 is 0 Å². The summed E-state index contributed by atoms with van der Waals surface area (Å²) in [6, 6.07) is 1.88. The van der Waals surface area contributed by atoms with E-state index in [-0.39, 0.29) is 11.9 Å². The molecule has 1 rings (SSSR count). The first-order valence-corrected chi connectivity index (χ1v) is 6.62. The largest absolute Gasteiger partial charge is 0.385 e. The van der Waals surface area contributed by atoms with Crippen molar-refractivity contribution in [3.8, 4) is 11.8 Å². The van der Waals surface area contributed by atoms with Crippen LogP contribution in [0.1, 0.15) is 28.6 Å². The van der Waals surface area contributed by atoms with Crippen LogP contribution >= 0.6 is 11.3 Å². The van der Waals surface area contributed by atoms with Gasteiger partial charge in [0, 0.05) is 25.1 Å². The topological polar surface area (TPSA) is 64.3 Å². The summed E-state index contributed by atoms with van der Waals surface area (Å²) in [6.07, 6.45) is 0.798. The highest BCUT2D eigenvalue weighted by Crippen LogP contribution is 2.13. The lowest BCUT2D eigenvalue weighted by atomic mass is 10.2. The zero-order chi connectivity index (χ0) is 13.4. The Morgan fingerprint density at radius 3 is 3.11 bits per heavy atom. The van der Waals surface area contributed by atoms with Crippen LogP contribution in [0.5, 0.6) is 0 Å². The van der Waals surface area contributed by atoms with E-state index in [4.69, 9.17) is 10.5 Å². The molecule has 0 saturated heterocycles. The maximum atomic E-state index is 11.9. The molecule has 0 aliphatic rings. The number of hydrogen-bond acceptors (Lipinski definition) is 4. The van der Waals surface area contributed by atoms with Gasteiger partial charge in [0.25, 0.3) is 5.91 Å². The van der Waals surface area contributed by atoms with Gasteiger partial charge in [-0.1, -0.05) is 11.8 Å². The number of thiophene rings is 1. The van der Waals surface area contributed by atoms with E-state index in [9.17, 15) is 4.79 Å². The third-order valence-corrected chi connectivity index (χ3v) is 3.15. The number of nitrogens with one attached hydrogen (secondary N) is 1. The van der Waals surface area contributed by atoms with Crippen molar-refractivity contribution in [3.63, 3.8) is 0 Å². The van der Waals surface area contributed by atoms with Gasteiger partial charge in [-0.05, 0) is 19.4 Å². The minimum Gasteiger partial charge on any atom is -0.385 e. The van der Waals surface area contributed by atoms with E-state index in [1.807, 2.05) is 6.92 Å². The Hall–Kier alpha value is -1.35. The maximum absolute atomic E-state index is 11.9. The Labute approximate surface area is 112 Å². The third-order valence-electron chi connectivity index (χ3n) is 2.31. The summed E-state index contributed by atoms with van der Waals surface area (Å²) in [5.74, 6) is 5.60. The number of amides is 1. The second-order valence-corrected chi connectivity index (χ2v) is 4.77. The number of rotatable bonds is 5. The Kier molecular flexibility index (Phi) is 6.44. The van der Waals surface area contributed by atoms with Crippen LogP contribution < -0.4 is 11.1 Å². The highest BCUT2D eigenvalue weighted by Gasteiger charge is 2.11. The van der Waals surface area contributed by atoms with Crippen LogP contribution in [0.15, 0.2) is 11.4 Å². The summed E-state index contributed by atoms with van der Waals surface area (Å²) in [5.41, 5.74) is 5.94. The average Bonchev–Trinajstić information content (AvgIpc) is 2.82. The molecule has 0 aliphatic carbocycles. The first-order chi connectivity index (χ1) is 8.67. The summed E-state index contributed by atoms with van der Waals surface area (Å²) in [6.45, 7) is 2.92. The molecule has 1 aromatic heterocycles. The number of nitrogens with two attached hydrogens (primary N) is 1. The molecule has 0 bridgehead atoms. The SMILES string of the molecule is COCCC(C)NC(=O)c1csc(C#CCN)c1. The zero-order valence-corrected chi connectivity index (χ0v) is 11.5. The molecule has 1 heterocycles. The van der Waals surface area contributed by atoms with Gasteiger partial charge >= 0.3 is 0 Å². The van der Waals surface area contributed by atoms with Crippen molar-refractivity contribution < 1.29 is 9.53 Å². The molecule has 0 fully saturated rings. The van der Waals surface area contributed by atoms with Gasteiger partial charge < -0.3 is 15.8 Å². The molecule has 0 saturated carbocycles. The van der Waals surface area contributed by atoms with E-state index in [2.05, 4.69) is 17.2 Å². The molecule has 1 unspecified atom stereocenters. The van der Waals surface area contributed by atoms with Gasteiger partial charge in [-0.3, -0.25) is 4.79 Å². The van der Waals surface area contributed by atoms with E-state index in [1.165, 1.54) is 11.3 Å². The molecule has 0 aromatic carbocycles. The summed E-state index contributed by atoms with van der Waals surface area (Å²) < 4.78 is 4.97. The Morgan fingerprint density at radius 2 is 2.44 bits per heavy atom. The fraction of sp³-hybridized carbons (Fsp3) is 0.462. The second kappa shape index (κ2) is 7.88. The highest BCUT2D eigenvalue weighted by molar-refractivity contribution is 7.10. The molecule has 1 atom stereocenters. The molecule has 18 heavy (non-hydrogen) atoms. The quantitative estimate of drug-likeness (QED) is 0.787. The number of ether oxygens (including phenoxy) is 1. The summed E-state index contributed by atoms with van der Waals surface area (Å²) in [5, 5.41) is 4.72. The van der Waals surface area contributed by atoms with E-state index in [0.717, 1.165) is 11.3 Å². The van der Waals surface area contributed by atoms with Crippen molar-refractivity contribution in [3.05, 3.63) is 21.9 Å². The van der Waals surface area contributed by atoms with Crippen molar-refractivity contribution in [1.82, 2.24) is 5.32 Å². The Bertz CT molecular complexity index is 445. The standard InChI is InChI=1S/C13H18N2O2S/c1-10(5-7-17-2)15-13(16)11-8-12(18-9-11)4-3-6-14/h8-10H,5-7,14H2,1-2H3,(H,15,16). The molecular weight excluding hydrogens is 248 g/mol. The number of carbonyl (C=O) groups is 1. The monoisotopic (exact) mass is 266 g/mol. The minimum absolute atomic E-state index is 0.0735. The smallest absolute Gasteiger partial charge is 0.252 e. The van der Waals surface area contributed by atoms with Crippen LogP contribution in [0.4, 0.5) is 0 Å². The van der Waals surface area contributed by atoms with Crippen molar-refractivity contribution >= 4 is 17.2 Å². The summed E-state index contributed by atoms with van der Waals surface area (Å²) >= 11 is 1.45.